The molecular weight excluding hydrogens is 370 g/mol. The molecule has 1 aromatic heterocycles. The third-order valence-electron chi connectivity index (χ3n) is 5.39. The number of nitrogens with one attached hydrogen (secondary N) is 1. The predicted molar refractivity (Wildman–Crippen MR) is 107 cm³/mol. The summed E-state index contributed by atoms with van der Waals surface area (Å²) < 4.78 is 7.62. The fraction of sp³-hybridized carbons (Fsp3) is 0.318. The number of carbonyl (C=O) groups excluding carboxylic acids is 1. The summed E-state index contributed by atoms with van der Waals surface area (Å²) in [4.78, 5) is 29.1. The zero-order valence-corrected chi connectivity index (χ0v) is 16.0. The smallest absolute Gasteiger partial charge is 0.329 e. The van der Waals surface area contributed by atoms with Crippen LogP contribution in [0, 0.1) is 0 Å². The molecular formula is C22H23N3O4. The number of nitrogens with zero attached hydrogens (tertiary/aromatic N) is 2. The quantitative estimate of drug-likeness (QED) is 0.643. The summed E-state index contributed by atoms with van der Waals surface area (Å²) >= 11 is 0. The topological polar surface area (TPSA) is 93.5 Å². The normalized spacial score (nSPS) is 15.3. The number of aromatic nitrogens is 2. The Balaban J connectivity index is 1.57. The molecule has 7 heteroatoms. The first-order valence-electron chi connectivity index (χ1n) is 9.74. The molecule has 2 N–H and O–H groups in total. The van der Waals surface area contributed by atoms with Crippen molar-refractivity contribution >= 4 is 22.9 Å². The molecule has 0 spiro atoms. The number of carbonyl (C=O) groups is 2. The molecule has 7 nitrogen and oxygen atoms in total. The maximum Gasteiger partial charge on any atom is 0.329 e. The van der Waals surface area contributed by atoms with Crippen LogP contribution in [0.4, 0.5) is 0 Å². The first-order valence-corrected chi connectivity index (χ1v) is 9.74. The van der Waals surface area contributed by atoms with Crippen LogP contribution in [0.25, 0.3) is 11.0 Å². The van der Waals surface area contributed by atoms with Crippen molar-refractivity contribution in [3.05, 3.63) is 60.4 Å². The number of amides is 1. The van der Waals surface area contributed by atoms with E-state index < -0.39 is 11.5 Å². The van der Waals surface area contributed by atoms with Crippen LogP contribution in [0.1, 0.15) is 31.5 Å². The molecule has 4 rings (SSSR count). The third kappa shape index (κ3) is 3.94. The largest absolute Gasteiger partial charge is 0.486 e. The number of carboxylic acid groups (broad SMARTS) is 1. The summed E-state index contributed by atoms with van der Waals surface area (Å²) in [6, 6.07) is 16.9. The minimum atomic E-state index is -1.16. The molecule has 2 aromatic carbocycles. The number of fused-ring (bicyclic) bond motifs is 1. The van der Waals surface area contributed by atoms with Crippen LogP contribution in [0.2, 0.25) is 0 Å². The van der Waals surface area contributed by atoms with E-state index in [-0.39, 0.29) is 19.1 Å². The van der Waals surface area contributed by atoms with Crippen molar-refractivity contribution in [2.45, 2.75) is 44.4 Å². The highest BCUT2D eigenvalue weighted by Gasteiger charge is 2.42. The summed E-state index contributed by atoms with van der Waals surface area (Å²) in [6.45, 7) is 0.194. The van der Waals surface area contributed by atoms with Crippen molar-refractivity contribution in [2.75, 3.05) is 0 Å². The van der Waals surface area contributed by atoms with Crippen LogP contribution in [0.5, 0.6) is 5.75 Å². The van der Waals surface area contributed by atoms with E-state index in [1.807, 2.05) is 54.6 Å². The van der Waals surface area contributed by atoms with Crippen molar-refractivity contribution in [3.8, 4) is 5.75 Å². The highest BCUT2D eigenvalue weighted by Crippen LogP contribution is 2.30. The van der Waals surface area contributed by atoms with E-state index >= 15 is 0 Å². The number of rotatable bonds is 7. The fourth-order valence-electron chi connectivity index (χ4n) is 3.90. The second-order valence-electron chi connectivity index (χ2n) is 7.35. The molecule has 3 aromatic rings. The average molecular weight is 393 g/mol. The number of imidazole rings is 1. The van der Waals surface area contributed by atoms with Gasteiger partial charge < -0.3 is 19.7 Å². The molecule has 1 aliphatic carbocycles. The summed E-state index contributed by atoms with van der Waals surface area (Å²) in [5.41, 5.74) is 0.416. The van der Waals surface area contributed by atoms with Gasteiger partial charge in [-0.2, -0.15) is 0 Å². The molecule has 1 aliphatic rings. The number of ether oxygens (including phenoxy) is 1. The van der Waals surface area contributed by atoms with Gasteiger partial charge in [-0.25, -0.2) is 9.78 Å². The van der Waals surface area contributed by atoms with E-state index in [0.29, 0.717) is 24.4 Å². The molecule has 1 heterocycles. The Hall–Kier alpha value is -3.35. The molecule has 0 aliphatic heterocycles. The Labute approximate surface area is 168 Å². The monoisotopic (exact) mass is 393 g/mol. The van der Waals surface area contributed by atoms with Gasteiger partial charge in [-0.05, 0) is 37.1 Å². The number of carboxylic acids is 1. The van der Waals surface area contributed by atoms with Crippen molar-refractivity contribution in [3.63, 3.8) is 0 Å². The number of hydrogen-bond donors (Lipinski definition) is 2. The van der Waals surface area contributed by atoms with Crippen LogP contribution in [-0.4, -0.2) is 32.1 Å². The molecule has 0 saturated heterocycles. The molecule has 1 fully saturated rings. The molecule has 0 atom stereocenters. The first kappa shape index (κ1) is 19.0. The van der Waals surface area contributed by atoms with Crippen molar-refractivity contribution in [1.29, 1.82) is 0 Å². The molecule has 0 bridgehead atoms. The van der Waals surface area contributed by atoms with Gasteiger partial charge in [0.05, 0.1) is 11.0 Å². The highest BCUT2D eigenvalue weighted by molar-refractivity contribution is 5.88. The lowest BCUT2D eigenvalue weighted by molar-refractivity contribution is -0.147. The van der Waals surface area contributed by atoms with E-state index in [1.54, 1.807) is 4.57 Å². The van der Waals surface area contributed by atoms with Gasteiger partial charge in [0.15, 0.2) is 0 Å². The van der Waals surface area contributed by atoms with Gasteiger partial charge in [0.1, 0.15) is 30.3 Å². The molecule has 0 radical (unpaired) electrons. The SMILES string of the molecule is O=C(Cn1c(COc2ccccc2)nc2ccccc21)NC1(C(=O)O)CCCC1. The van der Waals surface area contributed by atoms with Gasteiger partial charge in [-0.15, -0.1) is 0 Å². The molecule has 1 saturated carbocycles. The second-order valence-corrected chi connectivity index (χ2v) is 7.35. The minimum Gasteiger partial charge on any atom is -0.486 e. The number of hydrogen-bond acceptors (Lipinski definition) is 4. The predicted octanol–water partition coefficient (Wildman–Crippen LogP) is 3.13. The Kier molecular flexibility index (Phi) is 5.20. The zero-order chi connectivity index (χ0) is 20.3. The van der Waals surface area contributed by atoms with E-state index in [1.165, 1.54) is 0 Å². The summed E-state index contributed by atoms with van der Waals surface area (Å²) in [7, 11) is 0. The zero-order valence-electron chi connectivity index (χ0n) is 16.0. The molecule has 29 heavy (non-hydrogen) atoms. The van der Waals surface area contributed by atoms with Crippen LogP contribution >= 0.6 is 0 Å². The lowest BCUT2D eigenvalue weighted by Crippen LogP contribution is -2.53. The summed E-state index contributed by atoms with van der Waals surface area (Å²) in [6.07, 6.45) is 2.53. The van der Waals surface area contributed by atoms with E-state index in [0.717, 1.165) is 23.9 Å². The maximum atomic E-state index is 12.8. The maximum absolute atomic E-state index is 12.8. The average Bonchev–Trinajstić information content (AvgIpc) is 3.33. The van der Waals surface area contributed by atoms with Crippen LogP contribution < -0.4 is 10.1 Å². The standard InChI is InChI=1S/C22H23N3O4/c26-20(24-22(21(27)28)12-6-7-13-22)14-25-18-11-5-4-10-17(18)23-19(25)15-29-16-8-2-1-3-9-16/h1-5,8-11H,6-7,12-15H2,(H,24,26)(H,27,28). The Bertz CT molecular complexity index is 1020. The van der Waals surface area contributed by atoms with E-state index in [9.17, 15) is 14.7 Å². The second kappa shape index (κ2) is 7.95. The van der Waals surface area contributed by atoms with Crippen molar-refractivity contribution in [1.82, 2.24) is 14.9 Å². The van der Waals surface area contributed by atoms with Gasteiger partial charge in [-0.1, -0.05) is 43.2 Å². The third-order valence-corrected chi connectivity index (χ3v) is 5.39. The highest BCUT2D eigenvalue weighted by atomic mass is 16.5. The molecule has 150 valence electrons. The van der Waals surface area contributed by atoms with Crippen LogP contribution in [-0.2, 0) is 22.7 Å². The summed E-state index contributed by atoms with van der Waals surface area (Å²) in [5.74, 6) is 0.0252. The Morgan fingerprint density at radius 3 is 2.48 bits per heavy atom. The van der Waals surface area contributed by atoms with Gasteiger partial charge in [0.25, 0.3) is 0 Å². The molecule has 0 unspecified atom stereocenters. The van der Waals surface area contributed by atoms with Crippen LogP contribution in [0.3, 0.4) is 0 Å². The lowest BCUT2D eigenvalue weighted by atomic mass is 9.98. The molecule has 1 amide bonds. The summed E-state index contributed by atoms with van der Waals surface area (Å²) in [5, 5.41) is 12.4. The number of aliphatic carboxylic acids is 1. The minimum absolute atomic E-state index is 0.0109. The number of para-hydroxylation sites is 3. The van der Waals surface area contributed by atoms with Gasteiger partial charge >= 0.3 is 5.97 Å². The van der Waals surface area contributed by atoms with Gasteiger partial charge in [0.2, 0.25) is 5.91 Å². The van der Waals surface area contributed by atoms with Crippen LogP contribution in [0.15, 0.2) is 54.6 Å². The Morgan fingerprint density at radius 1 is 1.07 bits per heavy atom. The van der Waals surface area contributed by atoms with Crippen molar-refractivity contribution < 1.29 is 19.4 Å². The van der Waals surface area contributed by atoms with Gasteiger partial charge in [0, 0.05) is 0 Å². The van der Waals surface area contributed by atoms with E-state index in [2.05, 4.69) is 10.3 Å². The number of benzene rings is 2. The Morgan fingerprint density at radius 2 is 1.76 bits per heavy atom. The lowest BCUT2D eigenvalue weighted by Gasteiger charge is -2.25. The fourth-order valence-corrected chi connectivity index (χ4v) is 3.90. The van der Waals surface area contributed by atoms with Gasteiger partial charge in [-0.3, -0.25) is 4.79 Å². The first-order chi connectivity index (χ1) is 14.1. The van der Waals surface area contributed by atoms with E-state index in [4.69, 9.17) is 4.74 Å². The van der Waals surface area contributed by atoms with Crippen molar-refractivity contribution in [2.24, 2.45) is 0 Å².